The van der Waals surface area contributed by atoms with Gasteiger partial charge in [-0.2, -0.15) is 0 Å². The van der Waals surface area contributed by atoms with Crippen molar-refractivity contribution in [2.45, 2.75) is 37.6 Å². The van der Waals surface area contributed by atoms with Gasteiger partial charge in [0.15, 0.2) is 5.96 Å². The van der Waals surface area contributed by atoms with Crippen LogP contribution in [-0.4, -0.2) is 54.9 Å². The predicted octanol–water partition coefficient (Wildman–Crippen LogP) is 1.79. The Labute approximate surface area is 159 Å². The van der Waals surface area contributed by atoms with Crippen molar-refractivity contribution in [3.05, 3.63) is 24.2 Å². The summed E-state index contributed by atoms with van der Waals surface area (Å²) >= 11 is 0. The number of aliphatic hydroxyl groups is 1. The maximum atomic E-state index is 10.6. The van der Waals surface area contributed by atoms with Crippen LogP contribution >= 0.6 is 24.0 Å². The fourth-order valence-corrected chi connectivity index (χ4v) is 4.39. The van der Waals surface area contributed by atoms with E-state index in [0.29, 0.717) is 36.3 Å². The van der Waals surface area contributed by atoms with Gasteiger partial charge in [-0.3, -0.25) is 4.99 Å². The van der Waals surface area contributed by atoms with E-state index in [0.717, 1.165) is 19.0 Å². The molecule has 5 unspecified atom stereocenters. The third-order valence-corrected chi connectivity index (χ3v) is 5.61. The van der Waals surface area contributed by atoms with Gasteiger partial charge in [-0.15, -0.1) is 24.0 Å². The summed E-state index contributed by atoms with van der Waals surface area (Å²) in [5, 5.41) is 13.9. The molecule has 3 saturated heterocycles. The molecule has 0 aromatic carbocycles. The van der Waals surface area contributed by atoms with Crippen molar-refractivity contribution in [2.75, 3.05) is 26.7 Å². The first-order valence-corrected chi connectivity index (χ1v) is 8.46. The molecule has 1 aromatic heterocycles. The van der Waals surface area contributed by atoms with Crippen LogP contribution in [0.5, 0.6) is 0 Å². The van der Waals surface area contributed by atoms with E-state index in [1.807, 2.05) is 0 Å². The average molecular weight is 447 g/mol. The lowest BCUT2D eigenvalue weighted by Crippen LogP contribution is -2.46. The highest BCUT2D eigenvalue weighted by Crippen LogP contribution is 2.47. The molecule has 3 aliphatic heterocycles. The van der Waals surface area contributed by atoms with Gasteiger partial charge in [0.2, 0.25) is 0 Å². The fourth-order valence-electron chi connectivity index (χ4n) is 4.39. The summed E-state index contributed by atoms with van der Waals surface area (Å²) in [5.41, 5.74) is -1.06. The second-order valence-electron chi connectivity index (χ2n) is 7.17. The van der Waals surface area contributed by atoms with E-state index in [2.05, 4.69) is 15.2 Å². The predicted molar refractivity (Wildman–Crippen MR) is 102 cm³/mol. The minimum Gasteiger partial charge on any atom is -0.466 e. The molecule has 0 saturated carbocycles. The van der Waals surface area contributed by atoms with Crippen molar-refractivity contribution in [1.29, 1.82) is 0 Å². The topological polar surface area (TPSA) is 70.2 Å². The Morgan fingerprint density at radius 1 is 1.38 bits per heavy atom. The molecule has 5 atom stereocenters. The smallest absolute Gasteiger partial charge is 0.193 e. The highest BCUT2D eigenvalue weighted by Gasteiger charge is 2.53. The van der Waals surface area contributed by atoms with Gasteiger partial charge < -0.3 is 24.5 Å². The normalized spacial score (nSPS) is 34.0. The molecule has 0 amide bonds. The quantitative estimate of drug-likeness (QED) is 0.420. The number of ether oxygens (including phenoxy) is 1. The summed E-state index contributed by atoms with van der Waals surface area (Å²) < 4.78 is 11.4. The molecule has 0 radical (unpaired) electrons. The minimum atomic E-state index is -1.06. The maximum absolute atomic E-state index is 10.6. The van der Waals surface area contributed by atoms with Gasteiger partial charge in [-0.05, 0) is 31.9 Å². The van der Waals surface area contributed by atoms with Crippen LogP contribution in [-0.2, 0) is 10.3 Å². The Hall–Kier alpha value is -0.800. The van der Waals surface area contributed by atoms with E-state index in [1.165, 1.54) is 12.8 Å². The molecule has 1 aromatic rings. The molecule has 3 fully saturated rings. The number of furan rings is 1. The van der Waals surface area contributed by atoms with Crippen LogP contribution in [0.2, 0.25) is 0 Å². The molecule has 2 bridgehead atoms. The number of hydrogen-bond donors (Lipinski definition) is 2. The number of nitrogens with zero attached hydrogens (tertiary/aromatic N) is 2. The van der Waals surface area contributed by atoms with Crippen molar-refractivity contribution >= 4 is 29.9 Å². The Bertz CT molecular complexity index is 572. The Balaban J connectivity index is 0.00000169. The van der Waals surface area contributed by atoms with Crippen LogP contribution in [0, 0.1) is 11.8 Å². The summed E-state index contributed by atoms with van der Waals surface area (Å²) in [4.78, 5) is 6.71. The highest BCUT2D eigenvalue weighted by molar-refractivity contribution is 14.0. The first-order chi connectivity index (χ1) is 11.1. The van der Waals surface area contributed by atoms with Gasteiger partial charge in [0.1, 0.15) is 11.4 Å². The molecule has 0 aliphatic carbocycles. The number of likely N-dealkylation sites (tertiary alicyclic amines) is 1. The minimum absolute atomic E-state index is 0. The van der Waals surface area contributed by atoms with Gasteiger partial charge in [0, 0.05) is 32.0 Å². The lowest BCUT2D eigenvalue weighted by molar-refractivity contribution is 0.0377. The number of hydrogen-bond acceptors (Lipinski definition) is 4. The number of guanidine groups is 1. The SMILES string of the molecule is CN=C(NCC(C)(O)c1ccco1)N1CC2C3CCC(O3)C2C1.I. The van der Waals surface area contributed by atoms with Gasteiger partial charge in [-0.25, -0.2) is 0 Å². The zero-order valence-electron chi connectivity index (χ0n) is 14.1. The molecule has 3 aliphatic rings. The van der Waals surface area contributed by atoms with Crippen molar-refractivity contribution in [2.24, 2.45) is 16.8 Å². The summed E-state index contributed by atoms with van der Waals surface area (Å²) in [6.45, 7) is 4.10. The summed E-state index contributed by atoms with van der Waals surface area (Å²) in [6, 6.07) is 3.58. The number of nitrogens with one attached hydrogen (secondary N) is 1. The Morgan fingerprint density at radius 3 is 2.58 bits per heavy atom. The monoisotopic (exact) mass is 447 g/mol. The van der Waals surface area contributed by atoms with Crippen LogP contribution in [0.3, 0.4) is 0 Å². The number of fused-ring (bicyclic) bond motifs is 5. The summed E-state index contributed by atoms with van der Waals surface area (Å²) in [6.07, 6.45) is 4.88. The molecule has 0 spiro atoms. The maximum Gasteiger partial charge on any atom is 0.193 e. The van der Waals surface area contributed by atoms with E-state index in [4.69, 9.17) is 9.15 Å². The third-order valence-electron chi connectivity index (χ3n) is 5.61. The third kappa shape index (κ3) is 3.06. The molecule has 2 N–H and O–H groups in total. The second kappa shape index (κ2) is 6.84. The van der Waals surface area contributed by atoms with E-state index < -0.39 is 5.60 Å². The van der Waals surface area contributed by atoms with Crippen molar-refractivity contribution < 1.29 is 14.3 Å². The molecule has 24 heavy (non-hydrogen) atoms. The van der Waals surface area contributed by atoms with Crippen LogP contribution in [0.4, 0.5) is 0 Å². The average Bonchev–Trinajstić information content (AvgIpc) is 3.28. The largest absolute Gasteiger partial charge is 0.466 e. The van der Waals surface area contributed by atoms with Crippen molar-refractivity contribution in [3.8, 4) is 0 Å². The first kappa shape index (κ1) is 18.0. The molecular weight excluding hydrogens is 421 g/mol. The molecule has 6 nitrogen and oxygen atoms in total. The number of rotatable bonds is 3. The highest BCUT2D eigenvalue weighted by atomic mass is 127. The molecular formula is C17H26IN3O3. The van der Waals surface area contributed by atoms with Gasteiger partial charge in [0.25, 0.3) is 0 Å². The van der Waals surface area contributed by atoms with Gasteiger partial charge >= 0.3 is 0 Å². The standard InChI is InChI=1S/C17H25N3O3.HI/c1-17(21,15-4-3-7-22-15)10-19-16(18-2)20-8-11-12(9-20)14-6-5-13(11)23-14;/h3-4,7,11-14,21H,5-6,8-10H2,1-2H3,(H,18,19);1H. The van der Waals surface area contributed by atoms with Crippen LogP contribution in [0.25, 0.3) is 0 Å². The van der Waals surface area contributed by atoms with E-state index in [-0.39, 0.29) is 24.0 Å². The second-order valence-corrected chi connectivity index (χ2v) is 7.17. The van der Waals surface area contributed by atoms with Gasteiger partial charge in [-0.1, -0.05) is 0 Å². The zero-order valence-corrected chi connectivity index (χ0v) is 16.5. The molecule has 7 heteroatoms. The van der Waals surface area contributed by atoms with Crippen molar-refractivity contribution in [3.63, 3.8) is 0 Å². The molecule has 134 valence electrons. The molecule has 4 rings (SSSR count). The summed E-state index contributed by atoms with van der Waals surface area (Å²) in [5.74, 6) is 2.69. The van der Waals surface area contributed by atoms with Crippen molar-refractivity contribution in [1.82, 2.24) is 10.2 Å². The van der Waals surface area contributed by atoms with Gasteiger partial charge in [0.05, 0.1) is 25.0 Å². The summed E-state index contributed by atoms with van der Waals surface area (Å²) in [7, 11) is 1.79. The first-order valence-electron chi connectivity index (χ1n) is 8.46. The number of halogens is 1. The molecule has 4 heterocycles. The Kier molecular flexibility index (Phi) is 5.13. The lowest BCUT2D eigenvalue weighted by atomic mass is 9.82. The van der Waals surface area contributed by atoms with Crippen LogP contribution in [0.15, 0.2) is 27.8 Å². The lowest BCUT2D eigenvalue weighted by Gasteiger charge is -2.27. The van der Waals surface area contributed by atoms with E-state index in [9.17, 15) is 5.11 Å². The number of aliphatic imine (C=N–C) groups is 1. The Morgan fingerprint density at radius 2 is 2.04 bits per heavy atom. The fraction of sp³-hybridized carbons (Fsp3) is 0.706. The van der Waals surface area contributed by atoms with E-state index >= 15 is 0 Å². The van der Waals surface area contributed by atoms with Crippen LogP contribution in [0.1, 0.15) is 25.5 Å². The zero-order chi connectivity index (χ0) is 16.0. The van der Waals surface area contributed by atoms with Crippen LogP contribution < -0.4 is 5.32 Å². The van der Waals surface area contributed by atoms with E-state index in [1.54, 1.807) is 32.4 Å².